The number of halogens is 2. The van der Waals surface area contributed by atoms with Crippen molar-refractivity contribution >= 4 is 32.7 Å². The number of carbonyl (C=O) groups excluding carboxylic acids is 1. The molecule has 0 fully saturated rings. The number of hydrogen-bond donors (Lipinski definition) is 1. The van der Waals surface area contributed by atoms with Crippen LogP contribution in [0.25, 0.3) is 10.9 Å². The van der Waals surface area contributed by atoms with Gasteiger partial charge in [-0.3, -0.25) is 14.2 Å². The van der Waals surface area contributed by atoms with Crippen LogP contribution in [-0.2, 0) is 11.3 Å². The van der Waals surface area contributed by atoms with E-state index in [1.54, 1.807) is 0 Å². The fraction of sp³-hybridized carbons (Fsp3) is 0.211. The molecule has 2 heterocycles. The predicted molar refractivity (Wildman–Crippen MR) is 101 cm³/mol. The Hall–Kier alpha value is -2.74. The van der Waals surface area contributed by atoms with Crippen molar-refractivity contribution in [3.63, 3.8) is 0 Å². The second kappa shape index (κ2) is 7.11. The molecular weight excluding hydrogens is 417 g/mol. The van der Waals surface area contributed by atoms with Gasteiger partial charge in [-0.2, -0.15) is 0 Å². The third-order valence-corrected chi connectivity index (χ3v) is 4.94. The molecule has 1 aliphatic rings. The van der Waals surface area contributed by atoms with Crippen molar-refractivity contribution in [2.45, 2.75) is 19.0 Å². The summed E-state index contributed by atoms with van der Waals surface area (Å²) in [6, 6.07) is 9.24. The topological polar surface area (TPSA) is 73.2 Å². The molecule has 0 radical (unpaired) electrons. The molecule has 0 saturated heterocycles. The number of nitrogens with one attached hydrogen (secondary N) is 1. The van der Waals surface area contributed by atoms with E-state index in [9.17, 15) is 14.0 Å². The molecule has 8 heteroatoms. The van der Waals surface area contributed by atoms with E-state index in [1.807, 2.05) is 18.2 Å². The average molecular weight is 432 g/mol. The van der Waals surface area contributed by atoms with E-state index in [2.05, 4.69) is 26.2 Å². The van der Waals surface area contributed by atoms with Gasteiger partial charge in [-0.05, 0) is 36.4 Å². The zero-order chi connectivity index (χ0) is 19.0. The average Bonchev–Trinajstić information content (AvgIpc) is 2.65. The fourth-order valence-corrected chi connectivity index (χ4v) is 3.53. The summed E-state index contributed by atoms with van der Waals surface area (Å²) in [5, 5.41) is 3.08. The van der Waals surface area contributed by atoms with Gasteiger partial charge in [0, 0.05) is 16.5 Å². The molecule has 1 atom stereocenters. The molecule has 3 aromatic rings. The summed E-state index contributed by atoms with van der Waals surface area (Å²) in [5.74, 6) is -0.116. The number of fused-ring (bicyclic) bond motifs is 2. The molecule has 1 unspecified atom stereocenters. The van der Waals surface area contributed by atoms with Crippen molar-refractivity contribution in [3.05, 3.63) is 68.9 Å². The monoisotopic (exact) mass is 431 g/mol. The number of rotatable bonds is 3. The molecule has 27 heavy (non-hydrogen) atoms. The fourth-order valence-electron chi connectivity index (χ4n) is 3.15. The minimum absolute atomic E-state index is 0.144. The number of carbonyl (C=O) groups is 1. The van der Waals surface area contributed by atoms with Crippen LogP contribution in [0.5, 0.6) is 5.75 Å². The minimum Gasteiger partial charge on any atom is -0.493 e. The van der Waals surface area contributed by atoms with Gasteiger partial charge in [0.25, 0.3) is 5.56 Å². The second-order valence-corrected chi connectivity index (χ2v) is 7.19. The smallest absolute Gasteiger partial charge is 0.261 e. The normalized spacial score (nSPS) is 15.9. The molecule has 1 N–H and O–H groups in total. The standard InChI is InChI=1S/C19H15BrFN3O3/c20-11-1-4-17-13(7-11)16(5-6-27-17)23-18(25)9-24-10-22-15-3-2-12(21)8-14(15)19(24)26/h1-4,7-8,10,16H,5-6,9H2,(H,23,25). The van der Waals surface area contributed by atoms with Crippen LogP contribution in [0.4, 0.5) is 4.39 Å². The van der Waals surface area contributed by atoms with Crippen LogP contribution in [0, 0.1) is 5.82 Å². The van der Waals surface area contributed by atoms with E-state index >= 15 is 0 Å². The Kier molecular flexibility index (Phi) is 4.65. The SMILES string of the molecule is O=C(Cn1cnc2ccc(F)cc2c1=O)NC1CCOc2ccc(Br)cc21. The summed E-state index contributed by atoms with van der Waals surface area (Å²) in [6.07, 6.45) is 1.93. The highest BCUT2D eigenvalue weighted by Crippen LogP contribution is 2.34. The third-order valence-electron chi connectivity index (χ3n) is 4.45. The summed E-state index contributed by atoms with van der Waals surface area (Å²) >= 11 is 3.42. The van der Waals surface area contributed by atoms with Gasteiger partial charge in [-0.1, -0.05) is 15.9 Å². The maximum absolute atomic E-state index is 13.4. The highest BCUT2D eigenvalue weighted by molar-refractivity contribution is 9.10. The van der Waals surface area contributed by atoms with Crippen molar-refractivity contribution in [3.8, 4) is 5.75 Å². The van der Waals surface area contributed by atoms with Crippen molar-refractivity contribution in [2.75, 3.05) is 6.61 Å². The van der Waals surface area contributed by atoms with Gasteiger partial charge in [0.15, 0.2) is 0 Å². The highest BCUT2D eigenvalue weighted by atomic mass is 79.9. The van der Waals surface area contributed by atoms with E-state index in [-0.39, 0.29) is 23.9 Å². The number of amides is 1. The van der Waals surface area contributed by atoms with Crippen LogP contribution in [0.3, 0.4) is 0 Å². The Balaban J connectivity index is 1.56. The van der Waals surface area contributed by atoms with E-state index in [1.165, 1.54) is 23.0 Å². The van der Waals surface area contributed by atoms with Crippen LogP contribution in [0.1, 0.15) is 18.0 Å². The molecule has 4 rings (SSSR count). The summed E-state index contributed by atoms with van der Waals surface area (Å²) in [4.78, 5) is 29.1. The van der Waals surface area contributed by atoms with Gasteiger partial charge in [-0.25, -0.2) is 9.37 Å². The van der Waals surface area contributed by atoms with Gasteiger partial charge in [0.1, 0.15) is 18.1 Å². The van der Waals surface area contributed by atoms with Crippen LogP contribution >= 0.6 is 15.9 Å². The maximum atomic E-state index is 13.4. The second-order valence-electron chi connectivity index (χ2n) is 6.28. The zero-order valence-electron chi connectivity index (χ0n) is 14.1. The van der Waals surface area contributed by atoms with Crippen molar-refractivity contribution in [2.24, 2.45) is 0 Å². The Morgan fingerprint density at radius 1 is 1.33 bits per heavy atom. The molecule has 2 aromatic carbocycles. The van der Waals surface area contributed by atoms with Crippen LogP contribution in [0.15, 0.2) is 52.0 Å². The lowest BCUT2D eigenvalue weighted by atomic mass is 10.0. The molecule has 0 aliphatic carbocycles. The predicted octanol–water partition coefficient (Wildman–Crippen LogP) is 2.94. The molecule has 0 saturated carbocycles. The first-order valence-corrected chi connectivity index (χ1v) is 9.17. The Labute approximate surface area is 162 Å². The van der Waals surface area contributed by atoms with Gasteiger partial charge in [0.05, 0.1) is 29.9 Å². The minimum atomic E-state index is -0.520. The first-order chi connectivity index (χ1) is 13.0. The van der Waals surface area contributed by atoms with E-state index in [0.29, 0.717) is 18.5 Å². The van der Waals surface area contributed by atoms with Gasteiger partial charge < -0.3 is 10.1 Å². The first kappa shape index (κ1) is 17.7. The van der Waals surface area contributed by atoms with Crippen LogP contribution in [0.2, 0.25) is 0 Å². The maximum Gasteiger partial charge on any atom is 0.261 e. The van der Waals surface area contributed by atoms with Crippen molar-refractivity contribution in [1.82, 2.24) is 14.9 Å². The van der Waals surface area contributed by atoms with Crippen molar-refractivity contribution < 1.29 is 13.9 Å². The Morgan fingerprint density at radius 3 is 3.04 bits per heavy atom. The molecular formula is C19H15BrFN3O3. The summed E-state index contributed by atoms with van der Waals surface area (Å²) < 4.78 is 21.1. The molecule has 1 aromatic heterocycles. The lowest BCUT2D eigenvalue weighted by molar-refractivity contribution is -0.122. The number of nitrogens with zero attached hydrogens (tertiary/aromatic N) is 2. The summed E-state index contributed by atoms with van der Waals surface area (Å²) in [7, 11) is 0. The van der Waals surface area contributed by atoms with Crippen molar-refractivity contribution in [1.29, 1.82) is 0 Å². The van der Waals surface area contributed by atoms with Gasteiger partial charge >= 0.3 is 0 Å². The van der Waals surface area contributed by atoms with E-state index in [0.717, 1.165) is 21.9 Å². The van der Waals surface area contributed by atoms with E-state index < -0.39 is 11.4 Å². The number of benzene rings is 2. The summed E-state index contributed by atoms with van der Waals surface area (Å²) in [6.45, 7) is 0.301. The molecule has 1 aliphatic heterocycles. The van der Waals surface area contributed by atoms with Crippen LogP contribution in [-0.4, -0.2) is 22.1 Å². The zero-order valence-corrected chi connectivity index (χ0v) is 15.7. The third kappa shape index (κ3) is 3.57. The largest absolute Gasteiger partial charge is 0.493 e. The molecule has 0 spiro atoms. The lowest BCUT2D eigenvalue weighted by Gasteiger charge is -2.27. The number of aromatic nitrogens is 2. The molecule has 0 bridgehead atoms. The van der Waals surface area contributed by atoms with Gasteiger partial charge in [0.2, 0.25) is 5.91 Å². The number of hydrogen-bond acceptors (Lipinski definition) is 4. The molecule has 138 valence electrons. The van der Waals surface area contributed by atoms with Gasteiger partial charge in [-0.15, -0.1) is 0 Å². The number of ether oxygens (including phenoxy) is 1. The first-order valence-electron chi connectivity index (χ1n) is 8.37. The quantitative estimate of drug-likeness (QED) is 0.691. The summed E-state index contributed by atoms with van der Waals surface area (Å²) in [5.41, 5.74) is 0.820. The lowest BCUT2D eigenvalue weighted by Crippen LogP contribution is -2.36. The Morgan fingerprint density at radius 2 is 2.19 bits per heavy atom. The molecule has 6 nitrogen and oxygen atoms in total. The highest BCUT2D eigenvalue weighted by Gasteiger charge is 2.23. The Bertz CT molecular complexity index is 1100. The molecule has 1 amide bonds. The van der Waals surface area contributed by atoms with Crippen LogP contribution < -0.4 is 15.6 Å². The van der Waals surface area contributed by atoms with E-state index in [4.69, 9.17) is 4.74 Å².